The van der Waals surface area contributed by atoms with Crippen LogP contribution in [0.4, 0.5) is 13.2 Å². The topological polar surface area (TPSA) is 62.3 Å². The molecule has 1 unspecified atom stereocenters. The Labute approximate surface area is 131 Å². The molecule has 5 nitrogen and oxygen atoms in total. The first-order valence-corrected chi connectivity index (χ1v) is 7.24. The van der Waals surface area contributed by atoms with Crippen molar-refractivity contribution in [1.82, 2.24) is 15.2 Å². The second-order valence-corrected chi connectivity index (χ2v) is 5.98. The van der Waals surface area contributed by atoms with Crippen LogP contribution in [0.5, 0.6) is 0 Å². The predicted octanol–water partition coefficient (Wildman–Crippen LogP) is 1.99. The van der Waals surface area contributed by atoms with Crippen molar-refractivity contribution < 1.29 is 22.8 Å². The van der Waals surface area contributed by atoms with Crippen molar-refractivity contribution in [2.45, 2.75) is 44.4 Å². The van der Waals surface area contributed by atoms with Crippen LogP contribution in [-0.4, -0.2) is 40.5 Å². The average molecular weight is 329 g/mol. The van der Waals surface area contributed by atoms with E-state index in [9.17, 15) is 22.8 Å². The highest BCUT2D eigenvalue weighted by atomic mass is 19.4. The Hall–Kier alpha value is -2.12. The summed E-state index contributed by atoms with van der Waals surface area (Å²) in [5, 5.41) is 2.69. The molecular weight excluding hydrogens is 311 g/mol. The van der Waals surface area contributed by atoms with Gasteiger partial charge in [0.2, 0.25) is 5.91 Å². The van der Waals surface area contributed by atoms with Gasteiger partial charge in [-0.25, -0.2) is 0 Å². The van der Waals surface area contributed by atoms with Crippen LogP contribution in [0.3, 0.4) is 0 Å². The number of hydrogen-bond acceptors (Lipinski definition) is 3. The zero-order valence-corrected chi connectivity index (χ0v) is 12.9. The summed E-state index contributed by atoms with van der Waals surface area (Å²) in [6, 6.07) is 4.09. The monoisotopic (exact) mass is 329 g/mol. The molecule has 1 fully saturated rings. The van der Waals surface area contributed by atoms with Gasteiger partial charge in [0, 0.05) is 12.7 Å². The van der Waals surface area contributed by atoms with Crippen LogP contribution in [0.15, 0.2) is 24.4 Å². The second-order valence-electron chi connectivity index (χ2n) is 5.98. The van der Waals surface area contributed by atoms with Crippen molar-refractivity contribution in [1.29, 1.82) is 0 Å². The predicted molar refractivity (Wildman–Crippen MR) is 76.2 cm³/mol. The first-order chi connectivity index (χ1) is 10.6. The lowest BCUT2D eigenvalue weighted by Crippen LogP contribution is -2.53. The summed E-state index contributed by atoms with van der Waals surface area (Å²) in [5.41, 5.74) is -0.270. The van der Waals surface area contributed by atoms with Crippen molar-refractivity contribution in [3.8, 4) is 0 Å². The summed E-state index contributed by atoms with van der Waals surface area (Å²) in [7, 11) is 0. The summed E-state index contributed by atoms with van der Waals surface area (Å²) in [4.78, 5) is 28.6. The van der Waals surface area contributed by atoms with Gasteiger partial charge >= 0.3 is 12.1 Å². The lowest BCUT2D eigenvalue weighted by atomic mass is 9.99. The van der Waals surface area contributed by atoms with Crippen molar-refractivity contribution >= 4 is 11.8 Å². The van der Waals surface area contributed by atoms with Crippen LogP contribution in [0.25, 0.3) is 0 Å². The molecule has 2 rings (SSSR count). The molecule has 2 amide bonds. The first kappa shape index (κ1) is 17.2. The zero-order valence-electron chi connectivity index (χ0n) is 12.9. The molecule has 0 aliphatic carbocycles. The van der Waals surface area contributed by atoms with Crippen molar-refractivity contribution in [3.05, 3.63) is 30.1 Å². The van der Waals surface area contributed by atoms with Gasteiger partial charge in [-0.05, 0) is 38.8 Å². The summed E-state index contributed by atoms with van der Waals surface area (Å²) >= 11 is 0. The Morgan fingerprint density at radius 1 is 1.30 bits per heavy atom. The van der Waals surface area contributed by atoms with Crippen molar-refractivity contribution in [2.75, 3.05) is 6.54 Å². The van der Waals surface area contributed by atoms with E-state index in [1.807, 2.05) is 0 Å². The molecule has 1 N–H and O–H groups in total. The number of carbonyl (C=O) groups is 2. The maximum atomic E-state index is 12.6. The van der Waals surface area contributed by atoms with E-state index in [1.54, 1.807) is 38.2 Å². The number of pyridine rings is 1. The molecule has 1 saturated heterocycles. The van der Waals surface area contributed by atoms with Gasteiger partial charge in [-0.2, -0.15) is 13.2 Å². The van der Waals surface area contributed by atoms with E-state index in [4.69, 9.17) is 0 Å². The number of likely N-dealkylation sites (tertiary alicyclic amines) is 1. The van der Waals surface area contributed by atoms with Gasteiger partial charge in [0.05, 0.1) is 11.2 Å². The number of rotatable bonds is 3. The van der Waals surface area contributed by atoms with Crippen LogP contribution in [-0.2, 0) is 15.1 Å². The van der Waals surface area contributed by atoms with E-state index in [-0.39, 0.29) is 13.0 Å². The number of hydrogen-bond donors (Lipinski definition) is 1. The Kier molecular flexibility index (Phi) is 4.63. The number of nitrogens with one attached hydrogen (secondary N) is 1. The SMILES string of the molecule is CC(C)(NC(=O)C1CCCN1C(=O)C(F)(F)F)c1ccccn1. The van der Waals surface area contributed by atoms with E-state index < -0.39 is 29.6 Å². The van der Waals surface area contributed by atoms with E-state index in [1.165, 1.54) is 0 Å². The number of nitrogens with zero attached hydrogens (tertiary/aromatic N) is 2. The number of aromatic nitrogens is 1. The van der Waals surface area contributed by atoms with Crippen LogP contribution >= 0.6 is 0 Å². The standard InChI is InChI=1S/C15H18F3N3O2/c1-14(2,11-7-3-4-8-19-11)20-12(22)10-6-5-9-21(10)13(23)15(16,17)18/h3-4,7-8,10H,5-6,9H2,1-2H3,(H,20,22). The molecule has 23 heavy (non-hydrogen) atoms. The normalized spacial score (nSPS) is 18.8. The minimum atomic E-state index is -4.97. The molecule has 1 aliphatic heterocycles. The molecule has 8 heteroatoms. The third kappa shape index (κ3) is 3.80. The molecule has 1 aliphatic rings. The number of carbonyl (C=O) groups excluding carboxylic acids is 2. The van der Waals surface area contributed by atoms with Gasteiger partial charge in [0.1, 0.15) is 6.04 Å². The van der Waals surface area contributed by atoms with Gasteiger partial charge < -0.3 is 10.2 Å². The maximum Gasteiger partial charge on any atom is 0.471 e. The molecule has 0 spiro atoms. The van der Waals surface area contributed by atoms with Gasteiger partial charge in [0.25, 0.3) is 0 Å². The highest BCUT2D eigenvalue weighted by molar-refractivity contribution is 5.90. The van der Waals surface area contributed by atoms with Gasteiger partial charge in [-0.15, -0.1) is 0 Å². The average Bonchev–Trinajstić information content (AvgIpc) is 2.95. The molecule has 2 heterocycles. The van der Waals surface area contributed by atoms with Crippen molar-refractivity contribution in [3.63, 3.8) is 0 Å². The fourth-order valence-corrected chi connectivity index (χ4v) is 2.63. The molecule has 0 radical (unpaired) electrons. The second kappa shape index (κ2) is 6.17. The fourth-order valence-electron chi connectivity index (χ4n) is 2.63. The highest BCUT2D eigenvalue weighted by Gasteiger charge is 2.48. The summed E-state index contributed by atoms with van der Waals surface area (Å²) in [6.45, 7) is 3.34. The lowest BCUT2D eigenvalue weighted by molar-refractivity contribution is -0.186. The smallest absolute Gasteiger partial charge is 0.344 e. The molecular formula is C15H18F3N3O2. The molecule has 0 bridgehead atoms. The lowest BCUT2D eigenvalue weighted by Gasteiger charge is -2.30. The van der Waals surface area contributed by atoms with Crippen LogP contribution in [0, 0.1) is 0 Å². The Morgan fingerprint density at radius 3 is 2.57 bits per heavy atom. The molecule has 1 atom stereocenters. The number of amides is 2. The molecule has 0 aromatic carbocycles. The van der Waals surface area contributed by atoms with Crippen LogP contribution in [0.1, 0.15) is 32.4 Å². The van der Waals surface area contributed by atoms with E-state index in [2.05, 4.69) is 10.3 Å². The summed E-state index contributed by atoms with van der Waals surface area (Å²) in [5.74, 6) is -2.57. The van der Waals surface area contributed by atoms with Gasteiger partial charge in [0.15, 0.2) is 0 Å². The molecule has 1 aromatic rings. The summed E-state index contributed by atoms with van der Waals surface area (Å²) in [6.07, 6.45) is -2.83. The molecule has 0 saturated carbocycles. The largest absolute Gasteiger partial charge is 0.471 e. The third-order valence-corrected chi connectivity index (χ3v) is 3.80. The number of halogens is 3. The third-order valence-electron chi connectivity index (χ3n) is 3.80. The summed E-state index contributed by atoms with van der Waals surface area (Å²) < 4.78 is 37.8. The van der Waals surface area contributed by atoms with Crippen LogP contribution in [0.2, 0.25) is 0 Å². The minimum Gasteiger partial charge on any atom is -0.344 e. The van der Waals surface area contributed by atoms with Gasteiger partial charge in [-0.1, -0.05) is 6.07 Å². The van der Waals surface area contributed by atoms with Gasteiger partial charge in [-0.3, -0.25) is 14.6 Å². The van der Waals surface area contributed by atoms with E-state index >= 15 is 0 Å². The van der Waals surface area contributed by atoms with Crippen LogP contribution < -0.4 is 5.32 Å². The quantitative estimate of drug-likeness (QED) is 0.922. The number of alkyl halides is 3. The first-order valence-electron chi connectivity index (χ1n) is 7.24. The van der Waals surface area contributed by atoms with E-state index in [0.717, 1.165) is 0 Å². The van der Waals surface area contributed by atoms with Crippen molar-refractivity contribution in [2.24, 2.45) is 0 Å². The Balaban J connectivity index is 2.12. The van der Waals surface area contributed by atoms with E-state index in [0.29, 0.717) is 17.0 Å². The Morgan fingerprint density at radius 2 is 2.00 bits per heavy atom. The maximum absolute atomic E-state index is 12.6. The zero-order chi connectivity index (χ0) is 17.3. The molecule has 1 aromatic heterocycles. The molecule has 126 valence electrons. The minimum absolute atomic E-state index is 0.0690. The highest BCUT2D eigenvalue weighted by Crippen LogP contribution is 2.27. The fraction of sp³-hybridized carbons (Fsp3) is 0.533. The Bertz CT molecular complexity index is 587.